The molecule has 146 valence electrons. The van der Waals surface area contributed by atoms with Gasteiger partial charge in [-0.15, -0.1) is 10.2 Å². The largest absolute Gasteiger partial charge is 0.344 e. The van der Waals surface area contributed by atoms with E-state index in [0.717, 1.165) is 27.8 Å². The molecule has 2 aromatic carbocycles. The van der Waals surface area contributed by atoms with Crippen molar-refractivity contribution in [2.75, 3.05) is 5.32 Å². The van der Waals surface area contributed by atoms with Crippen molar-refractivity contribution in [3.63, 3.8) is 0 Å². The molecular formula is C21H24N4O2S. The van der Waals surface area contributed by atoms with Crippen molar-refractivity contribution < 1.29 is 9.59 Å². The van der Waals surface area contributed by atoms with Crippen molar-refractivity contribution in [3.05, 3.63) is 53.0 Å². The minimum absolute atomic E-state index is 0.0602. The number of aryl methyl sites for hydroxylation is 1. The maximum atomic E-state index is 12.7. The van der Waals surface area contributed by atoms with Crippen LogP contribution in [0.3, 0.4) is 0 Å². The van der Waals surface area contributed by atoms with Crippen LogP contribution in [0.4, 0.5) is 5.13 Å². The SMILES string of the molecule is CCc1nnc(NC(=O)[C@@H](NC(=O)Cc2cccc3ccccc23)C(C)C)s1. The zero-order valence-corrected chi connectivity index (χ0v) is 17.0. The molecule has 28 heavy (non-hydrogen) atoms. The second kappa shape index (κ2) is 8.93. The van der Waals surface area contributed by atoms with E-state index >= 15 is 0 Å². The monoisotopic (exact) mass is 396 g/mol. The third-order valence-corrected chi connectivity index (χ3v) is 5.48. The Morgan fingerprint density at radius 1 is 1.07 bits per heavy atom. The molecule has 2 amide bonds. The number of anilines is 1. The Labute approximate surface area is 168 Å². The van der Waals surface area contributed by atoms with E-state index in [2.05, 4.69) is 20.8 Å². The van der Waals surface area contributed by atoms with Gasteiger partial charge in [0.15, 0.2) is 0 Å². The number of aromatic nitrogens is 2. The van der Waals surface area contributed by atoms with Gasteiger partial charge in [-0.3, -0.25) is 14.9 Å². The van der Waals surface area contributed by atoms with Crippen molar-refractivity contribution in [1.82, 2.24) is 15.5 Å². The van der Waals surface area contributed by atoms with E-state index in [0.29, 0.717) is 5.13 Å². The fraction of sp³-hybridized carbons (Fsp3) is 0.333. The first-order chi connectivity index (χ1) is 13.5. The van der Waals surface area contributed by atoms with Crippen LogP contribution in [0, 0.1) is 5.92 Å². The van der Waals surface area contributed by atoms with Gasteiger partial charge in [0, 0.05) is 0 Å². The normalized spacial score (nSPS) is 12.1. The molecule has 0 spiro atoms. The third-order valence-electron chi connectivity index (χ3n) is 4.50. The van der Waals surface area contributed by atoms with E-state index in [9.17, 15) is 9.59 Å². The molecule has 0 fully saturated rings. The van der Waals surface area contributed by atoms with Gasteiger partial charge < -0.3 is 5.32 Å². The number of rotatable bonds is 7. The topological polar surface area (TPSA) is 84.0 Å². The van der Waals surface area contributed by atoms with E-state index in [1.165, 1.54) is 11.3 Å². The number of nitrogens with one attached hydrogen (secondary N) is 2. The maximum absolute atomic E-state index is 12.7. The van der Waals surface area contributed by atoms with Crippen LogP contribution in [0.25, 0.3) is 10.8 Å². The number of hydrogen-bond donors (Lipinski definition) is 2. The Bertz CT molecular complexity index is 978. The Balaban J connectivity index is 1.69. The highest BCUT2D eigenvalue weighted by atomic mass is 32.1. The predicted octanol–water partition coefficient (Wildman–Crippen LogP) is 3.58. The summed E-state index contributed by atoms with van der Waals surface area (Å²) < 4.78 is 0. The van der Waals surface area contributed by atoms with Crippen molar-refractivity contribution in [1.29, 1.82) is 0 Å². The number of benzene rings is 2. The van der Waals surface area contributed by atoms with E-state index in [-0.39, 0.29) is 24.2 Å². The molecule has 0 aliphatic rings. The molecule has 1 aromatic heterocycles. The molecule has 0 aliphatic carbocycles. The summed E-state index contributed by atoms with van der Waals surface area (Å²) in [5.41, 5.74) is 0.940. The smallest absolute Gasteiger partial charge is 0.249 e. The van der Waals surface area contributed by atoms with Gasteiger partial charge in [0.1, 0.15) is 11.0 Å². The number of carbonyl (C=O) groups is 2. The highest BCUT2D eigenvalue weighted by Gasteiger charge is 2.25. The average molecular weight is 397 g/mol. The molecule has 0 unspecified atom stereocenters. The Morgan fingerprint density at radius 3 is 2.54 bits per heavy atom. The number of hydrogen-bond acceptors (Lipinski definition) is 5. The average Bonchev–Trinajstić information content (AvgIpc) is 3.13. The number of fused-ring (bicyclic) bond motifs is 1. The van der Waals surface area contributed by atoms with Crippen LogP contribution in [0.1, 0.15) is 31.3 Å². The van der Waals surface area contributed by atoms with Gasteiger partial charge >= 0.3 is 0 Å². The minimum atomic E-state index is -0.642. The molecule has 1 heterocycles. The third kappa shape index (κ3) is 4.72. The lowest BCUT2D eigenvalue weighted by Crippen LogP contribution is -2.47. The summed E-state index contributed by atoms with van der Waals surface area (Å²) in [4.78, 5) is 25.3. The second-order valence-electron chi connectivity index (χ2n) is 6.95. The molecule has 0 radical (unpaired) electrons. The van der Waals surface area contributed by atoms with Crippen LogP contribution in [-0.2, 0) is 22.4 Å². The fourth-order valence-electron chi connectivity index (χ4n) is 3.01. The number of carbonyl (C=O) groups excluding carboxylic acids is 2. The van der Waals surface area contributed by atoms with Gasteiger partial charge in [-0.1, -0.05) is 74.6 Å². The lowest BCUT2D eigenvalue weighted by atomic mass is 10.0. The van der Waals surface area contributed by atoms with E-state index < -0.39 is 6.04 Å². The van der Waals surface area contributed by atoms with E-state index in [1.54, 1.807) is 0 Å². The molecule has 7 heteroatoms. The van der Waals surface area contributed by atoms with Crippen LogP contribution in [0.2, 0.25) is 0 Å². The molecule has 1 atom stereocenters. The van der Waals surface area contributed by atoms with Crippen LogP contribution < -0.4 is 10.6 Å². The van der Waals surface area contributed by atoms with Gasteiger partial charge in [0.2, 0.25) is 16.9 Å². The maximum Gasteiger partial charge on any atom is 0.249 e. The van der Waals surface area contributed by atoms with Crippen LogP contribution in [0.15, 0.2) is 42.5 Å². The van der Waals surface area contributed by atoms with Gasteiger partial charge in [0.05, 0.1) is 6.42 Å². The molecule has 0 saturated carbocycles. The summed E-state index contributed by atoms with van der Waals surface area (Å²) in [6.07, 6.45) is 0.986. The molecule has 3 aromatic rings. The summed E-state index contributed by atoms with van der Waals surface area (Å²) in [6, 6.07) is 13.2. The Hall–Kier alpha value is -2.80. The zero-order valence-electron chi connectivity index (χ0n) is 16.2. The van der Waals surface area contributed by atoms with Crippen LogP contribution in [-0.4, -0.2) is 28.1 Å². The molecule has 0 saturated heterocycles. The summed E-state index contributed by atoms with van der Waals surface area (Å²) in [6.45, 7) is 5.79. The van der Waals surface area contributed by atoms with Gasteiger partial charge in [0.25, 0.3) is 0 Å². The molecule has 2 N–H and O–H groups in total. The summed E-state index contributed by atoms with van der Waals surface area (Å²) >= 11 is 1.35. The standard InChI is InChI=1S/C21H24N4O2S/c1-4-18-24-25-21(28-18)23-20(27)19(13(2)3)22-17(26)12-15-10-7-9-14-8-5-6-11-16(14)15/h5-11,13,19H,4,12H2,1-3H3,(H,22,26)(H,23,25,27)/t19-/m0/s1. The molecule has 0 aliphatic heterocycles. The first kappa shape index (κ1) is 19.9. The second-order valence-corrected chi connectivity index (χ2v) is 8.01. The minimum Gasteiger partial charge on any atom is -0.344 e. The van der Waals surface area contributed by atoms with E-state index in [4.69, 9.17) is 0 Å². The molecule has 6 nitrogen and oxygen atoms in total. The zero-order chi connectivity index (χ0) is 20.1. The van der Waals surface area contributed by atoms with Crippen molar-refractivity contribution >= 4 is 39.1 Å². The van der Waals surface area contributed by atoms with Crippen molar-refractivity contribution in [2.24, 2.45) is 5.92 Å². The van der Waals surface area contributed by atoms with Gasteiger partial charge in [-0.25, -0.2) is 0 Å². The molecular weight excluding hydrogens is 372 g/mol. The van der Waals surface area contributed by atoms with Gasteiger partial charge in [-0.2, -0.15) is 0 Å². The summed E-state index contributed by atoms with van der Waals surface area (Å²) in [5, 5.41) is 17.1. The Morgan fingerprint density at radius 2 is 1.82 bits per heavy atom. The predicted molar refractivity (Wildman–Crippen MR) is 112 cm³/mol. The summed E-state index contributed by atoms with van der Waals surface area (Å²) in [7, 11) is 0. The van der Waals surface area contributed by atoms with Crippen molar-refractivity contribution in [3.8, 4) is 0 Å². The van der Waals surface area contributed by atoms with E-state index in [1.807, 2.05) is 63.2 Å². The highest BCUT2D eigenvalue weighted by molar-refractivity contribution is 7.15. The number of nitrogens with zero attached hydrogens (tertiary/aromatic N) is 2. The number of amides is 2. The fourth-order valence-corrected chi connectivity index (χ4v) is 3.69. The van der Waals surface area contributed by atoms with Crippen molar-refractivity contribution in [2.45, 2.75) is 39.7 Å². The van der Waals surface area contributed by atoms with Crippen LogP contribution >= 0.6 is 11.3 Å². The van der Waals surface area contributed by atoms with Gasteiger partial charge in [-0.05, 0) is 28.7 Å². The quantitative estimate of drug-likeness (QED) is 0.639. The lowest BCUT2D eigenvalue weighted by molar-refractivity contribution is -0.127. The Kier molecular flexibility index (Phi) is 6.36. The molecule has 0 bridgehead atoms. The first-order valence-electron chi connectivity index (χ1n) is 9.37. The molecule has 3 rings (SSSR count). The highest BCUT2D eigenvalue weighted by Crippen LogP contribution is 2.19. The summed E-state index contributed by atoms with van der Waals surface area (Å²) in [5.74, 6) is -0.521. The van der Waals surface area contributed by atoms with Crippen LogP contribution in [0.5, 0.6) is 0 Å². The first-order valence-corrected chi connectivity index (χ1v) is 10.2. The lowest BCUT2D eigenvalue weighted by Gasteiger charge is -2.21.